The van der Waals surface area contributed by atoms with Gasteiger partial charge in [0.25, 0.3) is 0 Å². The highest BCUT2D eigenvalue weighted by atomic mass is 35.5. The average Bonchev–Trinajstić information content (AvgIpc) is 2.13. The van der Waals surface area contributed by atoms with Crippen LogP contribution in [0.5, 0.6) is 11.8 Å². The van der Waals surface area contributed by atoms with Crippen LogP contribution >= 0.6 is 23.2 Å². The van der Waals surface area contributed by atoms with Gasteiger partial charge < -0.3 is 32.8 Å². The molecule has 6 aromatic carbocycles. The van der Waals surface area contributed by atoms with E-state index in [0.717, 1.165) is 35.4 Å². The lowest BCUT2D eigenvalue weighted by Gasteiger charge is -2.28. The molecule has 4 aromatic heterocycles. The first-order valence-electron chi connectivity index (χ1n) is 27.4. The molecule has 0 radical (unpaired) electrons. The normalized spacial score (nSPS) is 16.3. The Kier molecular flexibility index (Phi) is 15.5. The largest absolute Gasteiger partial charge is 0.473 e. The zero-order chi connectivity index (χ0) is 59.3. The zero-order valence-electron chi connectivity index (χ0n) is 46.5. The Morgan fingerprint density at radius 1 is 0.529 bits per heavy atom. The van der Waals surface area contributed by atoms with E-state index < -0.39 is 46.0 Å². The topological polar surface area (TPSA) is 142 Å². The summed E-state index contributed by atoms with van der Waals surface area (Å²) >= 11 is 12.0. The molecular weight excluding hydrogens is 1140 g/mol. The van der Waals surface area contributed by atoms with E-state index in [1.807, 2.05) is 61.1 Å². The maximum Gasteiger partial charge on any atom is 0.346 e. The molecule has 2 unspecified atom stereocenters. The highest BCUT2D eigenvalue weighted by Crippen LogP contribution is 2.43. The summed E-state index contributed by atoms with van der Waals surface area (Å²) in [6.07, 6.45) is -0.251. The van der Waals surface area contributed by atoms with Gasteiger partial charge in [-0.1, -0.05) is 87.3 Å². The van der Waals surface area contributed by atoms with Crippen LogP contribution in [0.15, 0.2) is 146 Å². The second-order valence-corrected chi connectivity index (χ2v) is 23.5. The van der Waals surface area contributed by atoms with E-state index in [1.165, 1.54) is 12.1 Å². The van der Waals surface area contributed by atoms with Crippen molar-refractivity contribution in [2.24, 2.45) is 10.8 Å². The van der Waals surface area contributed by atoms with E-state index in [1.54, 1.807) is 84.9 Å². The number of esters is 2. The van der Waals surface area contributed by atoms with E-state index in [2.05, 4.69) is 9.97 Å². The molecule has 12 rings (SSSR count). The fourth-order valence-electron chi connectivity index (χ4n) is 11.0. The highest BCUT2D eigenvalue weighted by molar-refractivity contribution is 6.30. The van der Waals surface area contributed by atoms with Gasteiger partial charge in [-0.15, -0.1) is 0 Å². The first-order chi connectivity index (χ1) is 40.8. The summed E-state index contributed by atoms with van der Waals surface area (Å²) in [5, 5.41) is 1.18. The van der Waals surface area contributed by atoms with E-state index in [4.69, 9.17) is 56.9 Å². The summed E-state index contributed by atoms with van der Waals surface area (Å²) in [4.78, 5) is 46.9. The van der Waals surface area contributed by atoms with Gasteiger partial charge in [0.2, 0.25) is 11.8 Å². The van der Waals surface area contributed by atoms with E-state index in [-0.39, 0.29) is 108 Å². The predicted octanol–water partition coefficient (Wildman–Crippen LogP) is 14.9. The van der Waals surface area contributed by atoms with Crippen LogP contribution < -0.4 is 9.47 Å². The average molecular weight is 1190 g/mol. The fraction of sp³-hybridized carbons (Fsp3) is 0.242. The first-order valence-corrected chi connectivity index (χ1v) is 28.2. The van der Waals surface area contributed by atoms with Crippen molar-refractivity contribution < 1.29 is 50.8 Å². The number of ether oxygens (including phenoxy) is 5. The van der Waals surface area contributed by atoms with E-state index >= 15 is 17.6 Å². The van der Waals surface area contributed by atoms with Gasteiger partial charge >= 0.3 is 11.9 Å². The number of fused-ring (bicyclic) bond motifs is 2. The predicted molar refractivity (Wildman–Crippen MR) is 313 cm³/mol. The van der Waals surface area contributed by atoms with E-state index in [0.29, 0.717) is 57.0 Å². The molecule has 2 aliphatic heterocycles. The molecule has 13 nitrogen and oxygen atoms in total. The molecule has 6 heterocycles. The Hall–Kier alpha value is -8.48. The third kappa shape index (κ3) is 11.9. The van der Waals surface area contributed by atoms with Crippen molar-refractivity contribution in [2.75, 3.05) is 26.4 Å². The molecule has 2 saturated heterocycles. The number of benzene rings is 6. The van der Waals surface area contributed by atoms with Gasteiger partial charge in [-0.2, -0.15) is 0 Å². The molecule has 85 heavy (non-hydrogen) atoms. The molecular formula is C66H54Cl2F4N6O7. The van der Waals surface area contributed by atoms with Crippen LogP contribution in [-0.4, -0.2) is 67.4 Å². The van der Waals surface area contributed by atoms with Crippen molar-refractivity contribution in [3.05, 3.63) is 224 Å². The number of carbonyl (C=O) groups is 2. The number of hydrogen-bond donors (Lipinski definition) is 0. The summed E-state index contributed by atoms with van der Waals surface area (Å²) in [6.45, 7) is 9.82. The molecule has 19 heteroatoms. The number of aromatic nitrogens is 6. The lowest BCUT2D eigenvalue weighted by molar-refractivity contribution is 0.0397. The van der Waals surface area contributed by atoms with Crippen molar-refractivity contribution in [3.8, 4) is 34.3 Å². The second-order valence-electron chi connectivity index (χ2n) is 22.7. The van der Waals surface area contributed by atoms with Gasteiger partial charge in [0.05, 0.1) is 83.1 Å². The third-order valence-corrected chi connectivity index (χ3v) is 16.2. The Bertz CT molecular complexity index is 3960. The molecule has 2 fully saturated rings. The molecule has 0 bridgehead atoms. The molecule has 0 N–H and O–H groups in total. The van der Waals surface area contributed by atoms with Gasteiger partial charge in [-0.3, -0.25) is 0 Å². The van der Waals surface area contributed by atoms with Gasteiger partial charge in [-0.25, -0.2) is 47.1 Å². The lowest BCUT2D eigenvalue weighted by Crippen LogP contribution is -2.27. The number of hydrogen-bond acceptors (Lipinski definition) is 11. The number of pyridine rings is 2. The summed E-state index contributed by atoms with van der Waals surface area (Å²) in [5.41, 5.74) is 3.08. The minimum absolute atomic E-state index is 0.0308. The minimum atomic E-state index is -0.951. The van der Waals surface area contributed by atoms with Gasteiger partial charge in [0, 0.05) is 57.0 Å². The fourth-order valence-corrected chi connectivity index (χ4v) is 11.2. The quantitative estimate of drug-likeness (QED) is 0.0518. The first kappa shape index (κ1) is 57.0. The van der Waals surface area contributed by atoms with Gasteiger partial charge in [0.1, 0.15) is 48.1 Å². The molecule has 0 saturated carbocycles. The monoisotopic (exact) mass is 1190 g/mol. The Morgan fingerprint density at radius 2 is 0.941 bits per heavy atom. The number of imidazole rings is 2. The van der Waals surface area contributed by atoms with Crippen LogP contribution in [0.1, 0.15) is 94.4 Å². The second kappa shape index (κ2) is 23.2. The summed E-state index contributed by atoms with van der Waals surface area (Å²) in [6, 6.07) is 37.1. The van der Waals surface area contributed by atoms with Crippen molar-refractivity contribution in [2.45, 2.75) is 65.8 Å². The van der Waals surface area contributed by atoms with Crippen molar-refractivity contribution in [3.63, 3.8) is 0 Å². The summed E-state index contributed by atoms with van der Waals surface area (Å²) in [7, 11) is 0. The maximum atomic E-state index is 16.3. The van der Waals surface area contributed by atoms with Crippen LogP contribution in [0.2, 0.25) is 10.0 Å². The van der Waals surface area contributed by atoms with Crippen LogP contribution in [0, 0.1) is 34.1 Å². The SMILES string of the molecule is CC1(C)COCC1n1c(Cc2cc(F)c(-c3cccc(OCc4ccc(Cl)cc4)n3)cc2F)nc2ccc(C(=O)OC(=O)c3ccc4nc(Cc5cc(F)c(-c6cccc(OCc7ccc(Cl)cc7)n6)cc5F)n(C5COCC5(C)C)c4c3)cc21. The molecule has 432 valence electrons. The van der Waals surface area contributed by atoms with Crippen LogP contribution in [0.25, 0.3) is 44.6 Å². The zero-order valence-corrected chi connectivity index (χ0v) is 48.0. The molecule has 2 atom stereocenters. The highest BCUT2D eigenvalue weighted by Gasteiger charge is 2.41. The number of rotatable bonds is 16. The minimum Gasteiger partial charge on any atom is -0.473 e. The Labute approximate surface area is 496 Å². The standard InChI is InChI=1S/C66H54Cl2F4N6O7/c1-65(2)35-81-33-57(65)77-55-25-39(15-21-53(55)73-59(77)27-41-23-49(71)45(29-47(41)69)51-7-5-9-61(75-51)83-31-37-11-17-43(67)18-12-37)63(79)85-64(80)40-16-22-54-56(26-40)78(58-34-82-36-66(58,3)4)60(74-54)28-42-24-50(72)46(30-48(42)70)52-8-6-10-62(76-52)84-32-38-13-19-44(68)20-14-38/h5-26,29-30,57-58H,27-28,31-36H2,1-4H3. The maximum absolute atomic E-state index is 16.3. The van der Waals surface area contributed by atoms with Crippen LogP contribution in [0.4, 0.5) is 17.6 Å². The van der Waals surface area contributed by atoms with Gasteiger partial charge in [0.15, 0.2) is 0 Å². The Balaban J connectivity index is 0.794. The molecule has 10 aromatic rings. The number of carbonyl (C=O) groups excluding carboxylic acids is 2. The van der Waals surface area contributed by atoms with E-state index in [9.17, 15) is 9.59 Å². The van der Waals surface area contributed by atoms with Crippen molar-refractivity contribution in [1.82, 2.24) is 29.1 Å². The summed E-state index contributed by atoms with van der Waals surface area (Å²) in [5.74, 6) is -3.44. The third-order valence-electron chi connectivity index (χ3n) is 15.7. The molecule has 0 amide bonds. The van der Waals surface area contributed by atoms with Gasteiger partial charge in [-0.05, 0) is 119 Å². The molecule has 2 aliphatic rings. The summed E-state index contributed by atoms with van der Waals surface area (Å²) < 4.78 is 97.8. The number of halogens is 6. The van der Waals surface area contributed by atoms with Crippen molar-refractivity contribution in [1.29, 1.82) is 0 Å². The lowest BCUT2D eigenvalue weighted by atomic mass is 9.87. The number of nitrogens with zero attached hydrogens (tertiary/aromatic N) is 6. The van der Waals surface area contributed by atoms with Crippen molar-refractivity contribution >= 4 is 57.2 Å². The molecule has 0 aliphatic carbocycles. The van der Waals surface area contributed by atoms with Crippen LogP contribution in [0.3, 0.4) is 0 Å². The molecule has 0 spiro atoms. The smallest absolute Gasteiger partial charge is 0.346 e. The Morgan fingerprint density at radius 3 is 1.33 bits per heavy atom. The van der Waals surface area contributed by atoms with Crippen LogP contribution in [-0.2, 0) is 40.3 Å².